The summed E-state index contributed by atoms with van der Waals surface area (Å²) >= 11 is 3.53. The van der Waals surface area contributed by atoms with Gasteiger partial charge >= 0.3 is 0 Å². The largest absolute Gasteiger partial charge is 0.352 e. The van der Waals surface area contributed by atoms with Gasteiger partial charge in [-0.05, 0) is 24.3 Å². The van der Waals surface area contributed by atoms with E-state index in [1.54, 1.807) is 18.7 Å². The number of nitrogens with zero attached hydrogens (tertiary/aromatic N) is 6. The van der Waals surface area contributed by atoms with Gasteiger partial charge in [-0.3, -0.25) is 0 Å². The number of anilines is 2. The number of fused-ring (bicyclic) bond motifs is 1. The van der Waals surface area contributed by atoms with Crippen LogP contribution in [0, 0.1) is 0 Å². The zero-order valence-corrected chi connectivity index (χ0v) is 14.0. The van der Waals surface area contributed by atoms with Crippen LogP contribution in [0.3, 0.4) is 0 Å². The Kier molecular flexibility index (Phi) is 3.78. The van der Waals surface area contributed by atoms with E-state index >= 15 is 0 Å². The second-order valence-electron chi connectivity index (χ2n) is 5.38. The van der Waals surface area contributed by atoms with Crippen molar-refractivity contribution in [3.05, 3.63) is 47.5 Å². The normalized spacial score (nSPS) is 15.2. The summed E-state index contributed by atoms with van der Waals surface area (Å²) in [6.45, 7) is 3.53. The maximum absolute atomic E-state index is 4.51. The van der Waals surface area contributed by atoms with Crippen LogP contribution in [0.15, 0.2) is 47.5 Å². The first kappa shape index (κ1) is 14.3. The van der Waals surface area contributed by atoms with E-state index in [0.717, 1.165) is 53.3 Å². The van der Waals surface area contributed by atoms with E-state index in [1.807, 2.05) is 18.2 Å². The Balaban J connectivity index is 1.58. The molecular weight excluding hydrogens is 356 g/mol. The van der Waals surface area contributed by atoms with Gasteiger partial charge in [0.25, 0.3) is 0 Å². The van der Waals surface area contributed by atoms with Crippen molar-refractivity contribution in [1.29, 1.82) is 0 Å². The average molecular weight is 371 g/mol. The number of rotatable bonds is 2. The average Bonchev–Trinajstić information content (AvgIpc) is 2.62. The maximum atomic E-state index is 4.51. The third-order valence-electron chi connectivity index (χ3n) is 3.99. The molecule has 0 bridgehead atoms. The van der Waals surface area contributed by atoms with Crippen LogP contribution < -0.4 is 9.80 Å². The van der Waals surface area contributed by atoms with E-state index in [4.69, 9.17) is 0 Å². The number of benzene rings is 1. The van der Waals surface area contributed by atoms with Crippen molar-refractivity contribution in [2.45, 2.75) is 0 Å². The van der Waals surface area contributed by atoms with Crippen LogP contribution in [-0.2, 0) is 0 Å². The minimum Gasteiger partial charge on any atom is -0.352 e. The van der Waals surface area contributed by atoms with Gasteiger partial charge in [0.05, 0.1) is 5.52 Å². The molecule has 0 amide bonds. The van der Waals surface area contributed by atoms with Crippen molar-refractivity contribution in [3.8, 4) is 0 Å². The Bertz CT molecular complexity index is 817. The molecule has 0 atom stereocenters. The molecule has 6 nitrogen and oxygen atoms in total. The quantitative estimate of drug-likeness (QED) is 0.690. The molecule has 0 spiro atoms. The van der Waals surface area contributed by atoms with Gasteiger partial charge in [0.1, 0.15) is 12.1 Å². The monoisotopic (exact) mass is 370 g/mol. The van der Waals surface area contributed by atoms with Gasteiger partial charge in [-0.1, -0.05) is 15.9 Å². The van der Waals surface area contributed by atoms with Gasteiger partial charge in [-0.15, -0.1) is 0 Å². The molecule has 1 aliphatic heterocycles. The molecule has 3 aromatic rings. The highest BCUT2D eigenvalue weighted by Gasteiger charge is 2.21. The lowest BCUT2D eigenvalue weighted by molar-refractivity contribution is 0.636. The number of halogens is 1. The summed E-state index contributed by atoms with van der Waals surface area (Å²) in [6.07, 6.45) is 5.20. The minimum atomic E-state index is 0.794. The maximum Gasteiger partial charge on any atom is 0.225 e. The molecule has 2 aromatic heterocycles. The summed E-state index contributed by atoms with van der Waals surface area (Å²) in [5.74, 6) is 1.78. The standard InChI is InChI=1S/C16H15BrN6/c17-12-2-3-14-13(10-12)15(21-11-20-14)22-6-8-23(9-7-22)16-18-4-1-5-19-16/h1-5,10-11H,6-9H2. The Hall–Kier alpha value is -2.28. The fourth-order valence-electron chi connectivity index (χ4n) is 2.84. The molecule has 116 valence electrons. The van der Waals surface area contributed by atoms with Crippen molar-refractivity contribution in [2.24, 2.45) is 0 Å². The second kappa shape index (κ2) is 6.08. The first-order valence-electron chi connectivity index (χ1n) is 7.48. The number of piperazine rings is 1. The molecule has 0 radical (unpaired) electrons. The number of hydrogen-bond donors (Lipinski definition) is 0. The molecule has 7 heteroatoms. The van der Waals surface area contributed by atoms with Crippen molar-refractivity contribution in [3.63, 3.8) is 0 Å². The van der Waals surface area contributed by atoms with E-state index in [2.05, 4.69) is 51.7 Å². The molecule has 1 fully saturated rings. The van der Waals surface area contributed by atoms with Gasteiger partial charge in [0.15, 0.2) is 0 Å². The summed E-state index contributed by atoms with van der Waals surface area (Å²) in [6, 6.07) is 7.93. The topological polar surface area (TPSA) is 58.0 Å². The van der Waals surface area contributed by atoms with Gasteiger partial charge < -0.3 is 9.80 Å². The fraction of sp³-hybridized carbons (Fsp3) is 0.250. The predicted octanol–water partition coefficient (Wildman–Crippen LogP) is 2.51. The molecule has 23 heavy (non-hydrogen) atoms. The van der Waals surface area contributed by atoms with E-state index in [9.17, 15) is 0 Å². The molecule has 4 rings (SSSR count). The van der Waals surface area contributed by atoms with Crippen LogP contribution >= 0.6 is 15.9 Å². The second-order valence-corrected chi connectivity index (χ2v) is 6.30. The molecular formula is C16H15BrN6. The van der Waals surface area contributed by atoms with E-state index < -0.39 is 0 Å². The van der Waals surface area contributed by atoms with Gasteiger partial charge in [0, 0.05) is 48.4 Å². The van der Waals surface area contributed by atoms with Crippen LogP contribution in [-0.4, -0.2) is 46.1 Å². The van der Waals surface area contributed by atoms with E-state index in [0.29, 0.717) is 0 Å². The summed E-state index contributed by atoms with van der Waals surface area (Å²) in [7, 11) is 0. The lowest BCUT2D eigenvalue weighted by Gasteiger charge is -2.35. The van der Waals surface area contributed by atoms with Gasteiger partial charge in [-0.2, -0.15) is 0 Å². The van der Waals surface area contributed by atoms with Crippen LogP contribution in [0.25, 0.3) is 10.9 Å². The fourth-order valence-corrected chi connectivity index (χ4v) is 3.20. The summed E-state index contributed by atoms with van der Waals surface area (Å²) in [4.78, 5) is 22.0. The molecule has 1 saturated heterocycles. The van der Waals surface area contributed by atoms with Crippen LogP contribution in [0.2, 0.25) is 0 Å². The van der Waals surface area contributed by atoms with Crippen LogP contribution in [0.5, 0.6) is 0 Å². The highest BCUT2D eigenvalue weighted by molar-refractivity contribution is 9.10. The Morgan fingerprint density at radius 3 is 2.39 bits per heavy atom. The molecule has 1 aliphatic rings. The summed E-state index contributed by atoms with van der Waals surface area (Å²) < 4.78 is 1.04. The van der Waals surface area contributed by atoms with Crippen molar-refractivity contribution < 1.29 is 0 Å². The zero-order chi connectivity index (χ0) is 15.6. The third kappa shape index (κ3) is 2.84. The smallest absolute Gasteiger partial charge is 0.225 e. The van der Waals surface area contributed by atoms with E-state index in [1.165, 1.54) is 0 Å². The van der Waals surface area contributed by atoms with Gasteiger partial charge in [-0.25, -0.2) is 19.9 Å². The molecule has 0 unspecified atom stereocenters. The zero-order valence-electron chi connectivity index (χ0n) is 12.4. The highest BCUT2D eigenvalue weighted by Crippen LogP contribution is 2.27. The Morgan fingerprint density at radius 2 is 1.61 bits per heavy atom. The third-order valence-corrected chi connectivity index (χ3v) is 4.48. The molecule has 0 N–H and O–H groups in total. The first-order valence-corrected chi connectivity index (χ1v) is 8.28. The van der Waals surface area contributed by atoms with Crippen LogP contribution in [0.4, 0.5) is 11.8 Å². The first-order chi connectivity index (χ1) is 11.3. The molecule has 0 saturated carbocycles. The van der Waals surface area contributed by atoms with Crippen molar-refractivity contribution in [1.82, 2.24) is 19.9 Å². The summed E-state index contributed by atoms with van der Waals surface area (Å²) in [5, 5.41) is 1.08. The predicted molar refractivity (Wildman–Crippen MR) is 93.7 cm³/mol. The molecule has 3 heterocycles. The Labute approximate surface area is 142 Å². The highest BCUT2D eigenvalue weighted by atomic mass is 79.9. The van der Waals surface area contributed by atoms with Crippen molar-refractivity contribution >= 4 is 38.6 Å². The number of hydrogen-bond acceptors (Lipinski definition) is 6. The lowest BCUT2D eigenvalue weighted by atomic mass is 10.2. The number of aromatic nitrogens is 4. The SMILES string of the molecule is Brc1ccc2ncnc(N3CCN(c4ncccn4)CC3)c2c1. The minimum absolute atomic E-state index is 0.794. The molecule has 0 aliphatic carbocycles. The summed E-state index contributed by atoms with van der Waals surface area (Å²) in [5.41, 5.74) is 0.965. The van der Waals surface area contributed by atoms with Crippen molar-refractivity contribution in [2.75, 3.05) is 36.0 Å². The van der Waals surface area contributed by atoms with Gasteiger partial charge in [0.2, 0.25) is 5.95 Å². The van der Waals surface area contributed by atoms with Crippen LogP contribution in [0.1, 0.15) is 0 Å². The van der Waals surface area contributed by atoms with E-state index in [-0.39, 0.29) is 0 Å². The lowest BCUT2D eigenvalue weighted by Crippen LogP contribution is -2.47. The Morgan fingerprint density at radius 1 is 0.870 bits per heavy atom. The molecule has 1 aromatic carbocycles.